The van der Waals surface area contributed by atoms with Gasteiger partial charge in [0.15, 0.2) is 0 Å². The first-order valence-electron chi connectivity index (χ1n) is 8.81. The molecule has 0 radical (unpaired) electrons. The number of alkyl halides is 1. The van der Waals surface area contributed by atoms with Gasteiger partial charge in [-0.1, -0.05) is 43.2 Å². The highest BCUT2D eigenvalue weighted by Crippen LogP contribution is 2.41. The van der Waals surface area contributed by atoms with Gasteiger partial charge in [-0.3, -0.25) is 4.72 Å². The second kappa shape index (κ2) is 9.32. The van der Waals surface area contributed by atoms with Crippen LogP contribution >= 0.6 is 23.2 Å². The summed E-state index contributed by atoms with van der Waals surface area (Å²) in [6.45, 7) is 4.02. The zero-order valence-corrected chi connectivity index (χ0v) is 19.0. The van der Waals surface area contributed by atoms with Crippen molar-refractivity contribution in [2.75, 3.05) is 20.0 Å². The molecule has 0 fully saturated rings. The van der Waals surface area contributed by atoms with Crippen LogP contribution < -0.4 is 9.46 Å². The molecule has 6 nitrogen and oxygen atoms in total. The Morgan fingerprint density at radius 2 is 1.97 bits per heavy atom. The van der Waals surface area contributed by atoms with Crippen LogP contribution in [-0.2, 0) is 20.2 Å². The van der Waals surface area contributed by atoms with E-state index in [1.165, 1.54) is 0 Å². The van der Waals surface area contributed by atoms with E-state index in [0.717, 1.165) is 23.6 Å². The Morgan fingerprint density at radius 1 is 1.34 bits per heavy atom. The minimum Gasteiger partial charge on any atom is -0.507 e. The number of allylic oxidation sites excluding steroid dienone is 4. The van der Waals surface area contributed by atoms with Crippen LogP contribution in [-0.4, -0.2) is 38.9 Å². The second-order valence-corrected chi connectivity index (χ2v) is 9.94. The zero-order valence-electron chi connectivity index (χ0n) is 16.7. The van der Waals surface area contributed by atoms with Crippen molar-refractivity contribution in [3.63, 3.8) is 0 Å². The van der Waals surface area contributed by atoms with E-state index in [4.69, 9.17) is 32.7 Å². The van der Waals surface area contributed by atoms with Gasteiger partial charge in [-0.25, -0.2) is 8.42 Å². The van der Waals surface area contributed by atoms with Crippen LogP contribution in [0.3, 0.4) is 0 Å². The van der Waals surface area contributed by atoms with Crippen LogP contribution in [0.1, 0.15) is 25.8 Å². The fourth-order valence-corrected chi connectivity index (χ4v) is 4.03. The van der Waals surface area contributed by atoms with Gasteiger partial charge in [0, 0.05) is 5.41 Å². The number of hydrogen-bond acceptors (Lipinski definition) is 5. The molecule has 1 aliphatic rings. The molecule has 1 aromatic carbocycles. The lowest BCUT2D eigenvalue weighted by Crippen LogP contribution is -2.25. The van der Waals surface area contributed by atoms with Crippen molar-refractivity contribution in [3.05, 3.63) is 64.2 Å². The van der Waals surface area contributed by atoms with E-state index in [2.05, 4.69) is 18.6 Å². The van der Waals surface area contributed by atoms with Gasteiger partial charge < -0.3 is 14.6 Å². The van der Waals surface area contributed by atoms with E-state index in [1.807, 2.05) is 18.2 Å². The van der Waals surface area contributed by atoms with Crippen LogP contribution in [0.25, 0.3) is 0 Å². The molecule has 9 heteroatoms. The fourth-order valence-electron chi connectivity index (χ4n) is 2.91. The number of benzene rings is 1. The molecule has 1 aromatic rings. The number of aliphatic hydroxyl groups is 1. The number of aliphatic hydroxyl groups excluding tert-OH is 1. The van der Waals surface area contributed by atoms with Gasteiger partial charge in [-0.05, 0) is 30.2 Å². The zero-order chi connectivity index (χ0) is 21.8. The van der Waals surface area contributed by atoms with Crippen LogP contribution in [0, 0.1) is 0 Å². The summed E-state index contributed by atoms with van der Waals surface area (Å²) in [5.41, 5.74) is 1.82. The average molecular weight is 462 g/mol. The molecule has 2 N–H and O–H groups in total. The van der Waals surface area contributed by atoms with Crippen molar-refractivity contribution in [2.45, 2.75) is 31.1 Å². The lowest BCUT2D eigenvalue weighted by molar-refractivity contribution is 0.269. The molecule has 0 saturated heterocycles. The van der Waals surface area contributed by atoms with Crippen molar-refractivity contribution in [2.24, 2.45) is 0 Å². The first-order valence-corrected chi connectivity index (χ1v) is 11.5. The van der Waals surface area contributed by atoms with Crippen LogP contribution in [0.15, 0.2) is 58.7 Å². The summed E-state index contributed by atoms with van der Waals surface area (Å²) in [6.07, 6.45) is 4.50. The van der Waals surface area contributed by atoms with E-state index < -0.39 is 10.0 Å². The van der Waals surface area contributed by atoms with E-state index in [1.54, 1.807) is 19.2 Å². The monoisotopic (exact) mass is 461 g/mol. The molecule has 0 bridgehead atoms. The molecule has 0 saturated carbocycles. The largest absolute Gasteiger partial charge is 0.507 e. The third kappa shape index (κ3) is 6.32. The number of sulfonamides is 1. The SMILES string of the molecule is COC1=C(Cl)C=C(C(C)(C)c2ccc(OC/C(O)=C/NS(C)(=O)=O)cc2)CC1Cl. The summed E-state index contributed by atoms with van der Waals surface area (Å²) >= 11 is 12.7. The Hall–Kier alpha value is -1.83. The van der Waals surface area contributed by atoms with Gasteiger partial charge in [-0.2, -0.15) is 0 Å². The molecule has 0 aromatic heterocycles. The normalized spacial score (nSPS) is 18.3. The van der Waals surface area contributed by atoms with Crippen molar-refractivity contribution in [1.82, 2.24) is 4.72 Å². The molecule has 1 unspecified atom stereocenters. The van der Waals surface area contributed by atoms with E-state index in [0.29, 0.717) is 23.0 Å². The van der Waals surface area contributed by atoms with Crippen LogP contribution in [0.4, 0.5) is 0 Å². The average Bonchev–Trinajstić information content (AvgIpc) is 2.64. The predicted octanol–water partition coefficient (Wildman–Crippen LogP) is 4.33. The summed E-state index contributed by atoms with van der Waals surface area (Å²) in [5, 5.41) is 9.87. The molecule has 160 valence electrons. The Kier molecular flexibility index (Phi) is 7.54. The van der Waals surface area contributed by atoms with Crippen molar-refractivity contribution in [1.29, 1.82) is 0 Å². The lowest BCUT2D eigenvalue weighted by atomic mass is 9.74. The van der Waals surface area contributed by atoms with E-state index in [-0.39, 0.29) is 23.2 Å². The molecule has 0 aliphatic heterocycles. The lowest BCUT2D eigenvalue weighted by Gasteiger charge is -2.33. The topological polar surface area (TPSA) is 84.9 Å². The van der Waals surface area contributed by atoms with E-state index in [9.17, 15) is 13.5 Å². The third-order valence-electron chi connectivity index (χ3n) is 4.64. The van der Waals surface area contributed by atoms with Gasteiger partial charge in [-0.15, -0.1) is 11.6 Å². The van der Waals surface area contributed by atoms with Gasteiger partial charge in [0.25, 0.3) is 0 Å². The highest BCUT2D eigenvalue weighted by Gasteiger charge is 2.32. The Bertz CT molecular complexity index is 934. The minimum absolute atomic E-state index is 0.162. The number of halogens is 2. The highest BCUT2D eigenvalue weighted by atomic mass is 35.5. The molecule has 2 rings (SSSR count). The van der Waals surface area contributed by atoms with Gasteiger partial charge >= 0.3 is 0 Å². The molecular weight excluding hydrogens is 437 g/mol. The van der Waals surface area contributed by atoms with Crippen molar-refractivity contribution in [3.8, 4) is 5.75 Å². The summed E-state index contributed by atoms with van der Waals surface area (Å²) in [7, 11) is -1.87. The number of nitrogens with one attached hydrogen (secondary N) is 1. The Balaban J connectivity index is 2.10. The Morgan fingerprint density at radius 3 is 2.48 bits per heavy atom. The summed E-state index contributed by atoms with van der Waals surface area (Å²) in [4.78, 5) is 0. The molecule has 0 amide bonds. The van der Waals surface area contributed by atoms with E-state index >= 15 is 0 Å². The number of ether oxygens (including phenoxy) is 2. The van der Waals surface area contributed by atoms with Crippen LogP contribution in [0.5, 0.6) is 5.75 Å². The molecular formula is C20H25Cl2NO5S. The maximum atomic E-state index is 11.0. The maximum Gasteiger partial charge on any atom is 0.229 e. The van der Waals surface area contributed by atoms with Gasteiger partial charge in [0.1, 0.15) is 23.9 Å². The molecule has 1 aliphatic carbocycles. The minimum atomic E-state index is -3.43. The predicted molar refractivity (Wildman–Crippen MR) is 116 cm³/mol. The quantitative estimate of drug-likeness (QED) is 0.444. The number of hydrogen-bond donors (Lipinski definition) is 2. The second-order valence-electron chi connectivity index (χ2n) is 7.22. The number of methoxy groups -OCH3 is 1. The smallest absolute Gasteiger partial charge is 0.229 e. The fraction of sp³-hybridized carbons (Fsp3) is 0.400. The first-order chi connectivity index (χ1) is 13.4. The summed E-state index contributed by atoms with van der Waals surface area (Å²) in [5.74, 6) is 0.877. The molecule has 29 heavy (non-hydrogen) atoms. The van der Waals surface area contributed by atoms with Crippen LogP contribution in [0.2, 0.25) is 0 Å². The summed E-state index contributed by atoms with van der Waals surface area (Å²) in [6, 6.07) is 7.43. The third-order valence-corrected chi connectivity index (χ3v) is 5.84. The number of rotatable bonds is 8. The maximum absolute atomic E-state index is 11.0. The van der Waals surface area contributed by atoms with Gasteiger partial charge in [0.2, 0.25) is 10.0 Å². The Labute approximate surface area is 181 Å². The van der Waals surface area contributed by atoms with Crippen molar-refractivity contribution >= 4 is 33.2 Å². The summed E-state index contributed by atoms with van der Waals surface area (Å²) < 4.78 is 34.8. The standard InChI is InChI=1S/C20H25Cl2NO5S/c1-20(2,14-9-17(21)19(27-3)18(22)10-14)13-5-7-16(8-6-13)28-12-15(24)11-23-29(4,25)26/h5-9,11,18,23-24H,10,12H2,1-4H3/b15-11-. The molecule has 0 heterocycles. The molecule has 1 atom stereocenters. The molecule has 0 spiro atoms. The highest BCUT2D eigenvalue weighted by molar-refractivity contribution is 7.88. The van der Waals surface area contributed by atoms with Gasteiger partial charge in [0.05, 0.1) is 30.0 Å². The van der Waals surface area contributed by atoms with Crippen molar-refractivity contribution < 1.29 is 23.0 Å². The first kappa shape index (κ1) is 23.4.